The monoisotopic (exact) mass is 355 g/mol. The van der Waals surface area contributed by atoms with Gasteiger partial charge in [-0.3, -0.25) is 4.79 Å². The number of amides is 1. The number of rotatable bonds is 7. The first-order chi connectivity index (χ1) is 12.6. The van der Waals surface area contributed by atoms with Crippen LogP contribution >= 0.6 is 0 Å². The van der Waals surface area contributed by atoms with Gasteiger partial charge in [0.1, 0.15) is 29.5 Å². The maximum Gasteiger partial charge on any atom is 0.289 e. The molecule has 0 radical (unpaired) electrons. The van der Waals surface area contributed by atoms with Gasteiger partial charge in [-0.15, -0.1) is 0 Å². The van der Waals surface area contributed by atoms with E-state index in [4.69, 9.17) is 9.15 Å². The van der Waals surface area contributed by atoms with Gasteiger partial charge in [0.15, 0.2) is 5.76 Å². The molecule has 3 aromatic rings. The maximum atomic E-state index is 12.7. The number of carbonyl (C=O) groups excluding carboxylic acids is 1. The van der Waals surface area contributed by atoms with Crippen molar-refractivity contribution in [3.05, 3.63) is 64.9 Å². The molecule has 0 aliphatic heterocycles. The summed E-state index contributed by atoms with van der Waals surface area (Å²) in [6.07, 6.45) is 0. The molecule has 1 aromatic carbocycles. The average molecular weight is 355 g/mol. The molecule has 0 saturated carbocycles. The van der Waals surface area contributed by atoms with E-state index in [9.17, 15) is 4.79 Å². The van der Waals surface area contributed by atoms with Crippen LogP contribution in [0.2, 0.25) is 0 Å². The summed E-state index contributed by atoms with van der Waals surface area (Å²) >= 11 is 0. The molecule has 0 N–H and O–H groups in total. The summed E-state index contributed by atoms with van der Waals surface area (Å²) in [4.78, 5) is 14.3. The van der Waals surface area contributed by atoms with Crippen LogP contribution < -0.4 is 4.74 Å². The topological polar surface area (TPSA) is 81.6 Å². The summed E-state index contributed by atoms with van der Waals surface area (Å²) in [5.41, 5.74) is 2.35. The number of ether oxygens (including phenoxy) is 1. The first kappa shape index (κ1) is 17.7. The Hall–Kier alpha value is -3.09. The summed E-state index contributed by atoms with van der Waals surface area (Å²) in [7, 11) is 0. The Kier molecular flexibility index (Phi) is 5.36. The smallest absolute Gasteiger partial charge is 0.289 e. The Bertz CT molecular complexity index is 884. The van der Waals surface area contributed by atoms with Crippen LogP contribution in [-0.4, -0.2) is 27.7 Å². The zero-order valence-electron chi connectivity index (χ0n) is 15.1. The second kappa shape index (κ2) is 7.86. The molecule has 0 atom stereocenters. The second-order valence-electron chi connectivity index (χ2n) is 5.94. The van der Waals surface area contributed by atoms with Crippen molar-refractivity contribution in [2.75, 3.05) is 6.54 Å². The Morgan fingerprint density at radius 1 is 1.15 bits per heavy atom. The average Bonchev–Trinajstić information content (AvgIpc) is 3.27. The zero-order valence-corrected chi connectivity index (χ0v) is 15.1. The van der Waals surface area contributed by atoms with Crippen LogP contribution in [-0.2, 0) is 13.2 Å². The normalized spacial score (nSPS) is 10.7. The predicted molar refractivity (Wildman–Crippen MR) is 93.7 cm³/mol. The third-order valence-corrected chi connectivity index (χ3v) is 4.09. The number of para-hydroxylation sites is 1. The van der Waals surface area contributed by atoms with Crippen molar-refractivity contribution in [2.45, 2.75) is 33.9 Å². The van der Waals surface area contributed by atoms with E-state index in [1.165, 1.54) is 0 Å². The second-order valence-corrected chi connectivity index (χ2v) is 5.94. The van der Waals surface area contributed by atoms with Crippen molar-refractivity contribution in [1.82, 2.24) is 15.2 Å². The molecule has 0 saturated heterocycles. The predicted octanol–water partition coefficient (Wildman–Crippen LogP) is 3.52. The maximum absolute atomic E-state index is 12.7. The first-order valence-corrected chi connectivity index (χ1v) is 8.43. The lowest BCUT2D eigenvalue weighted by atomic mass is 10.2. The highest BCUT2D eigenvalue weighted by atomic mass is 16.6. The molecular formula is C19H21N3O4. The number of benzene rings is 1. The summed E-state index contributed by atoms with van der Waals surface area (Å²) in [5.74, 6) is 1.44. The first-order valence-electron chi connectivity index (χ1n) is 8.43. The molecular weight excluding hydrogens is 334 g/mol. The van der Waals surface area contributed by atoms with Crippen molar-refractivity contribution in [1.29, 1.82) is 0 Å². The van der Waals surface area contributed by atoms with Crippen molar-refractivity contribution < 1.29 is 18.6 Å². The van der Waals surface area contributed by atoms with Gasteiger partial charge in [0.05, 0.1) is 6.54 Å². The van der Waals surface area contributed by atoms with Gasteiger partial charge in [-0.25, -0.2) is 4.63 Å². The third-order valence-electron chi connectivity index (χ3n) is 4.09. The van der Waals surface area contributed by atoms with Gasteiger partial charge in [-0.1, -0.05) is 28.5 Å². The molecule has 0 unspecified atom stereocenters. The Labute approximate surface area is 151 Å². The minimum absolute atomic E-state index is 0.211. The van der Waals surface area contributed by atoms with E-state index in [1.54, 1.807) is 24.0 Å². The number of aromatic nitrogens is 2. The number of aryl methyl sites for hydroxylation is 2. The van der Waals surface area contributed by atoms with Crippen LogP contribution in [0.5, 0.6) is 5.75 Å². The molecule has 1 amide bonds. The van der Waals surface area contributed by atoms with Gasteiger partial charge in [-0.05, 0) is 44.5 Å². The molecule has 2 heterocycles. The quantitative estimate of drug-likeness (QED) is 0.645. The summed E-state index contributed by atoms with van der Waals surface area (Å²) < 4.78 is 16.1. The van der Waals surface area contributed by atoms with Gasteiger partial charge < -0.3 is 14.1 Å². The van der Waals surface area contributed by atoms with E-state index in [-0.39, 0.29) is 18.3 Å². The number of hydrogen-bond acceptors (Lipinski definition) is 6. The molecule has 0 aliphatic rings. The molecule has 3 rings (SSSR count). The molecule has 7 nitrogen and oxygen atoms in total. The molecule has 0 spiro atoms. The van der Waals surface area contributed by atoms with E-state index >= 15 is 0 Å². The van der Waals surface area contributed by atoms with Gasteiger partial charge in [0.25, 0.3) is 5.91 Å². The van der Waals surface area contributed by atoms with Crippen LogP contribution in [0.4, 0.5) is 0 Å². The van der Waals surface area contributed by atoms with Crippen LogP contribution in [0.1, 0.15) is 40.2 Å². The minimum Gasteiger partial charge on any atom is -0.485 e. The molecule has 0 bridgehead atoms. The van der Waals surface area contributed by atoms with E-state index in [2.05, 4.69) is 14.9 Å². The fraction of sp³-hybridized carbons (Fsp3) is 0.316. The number of hydrogen-bond donors (Lipinski definition) is 0. The van der Waals surface area contributed by atoms with Gasteiger partial charge in [-0.2, -0.15) is 0 Å². The SMILES string of the molecule is CCN(Cc1nonc1C)C(=O)c1ccc(COc2ccccc2C)o1. The van der Waals surface area contributed by atoms with Gasteiger partial charge >= 0.3 is 0 Å². The van der Waals surface area contributed by atoms with Crippen LogP contribution in [0, 0.1) is 13.8 Å². The van der Waals surface area contributed by atoms with Gasteiger partial charge in [0.2, 0.25) is 0 Å². The third kappa shape index (κ3) is 3.93. The largest absolute Gasteiger partial charge is 0.485 e. The lowest BCUT2D eigenvalue weighted by molar-refractivity contribution is 0.0712. The standard InChI is InChI=1S/C19H21N3O4/c1-4-22(11-16-14(3)20-26-21-16)19(23)18-10-9-15(25-18)12-24-17-8-6-5-7-13(17)2/h5-10H,4,11-12H2,1-3H3. The summed E-state index contributed by atoms with van der Waals surface area (Å²) in [6.45, 7) is 6.76. The van der Waals surface area contributed by atoms with Crippen molar-refractivity contribution in [3.63, 3.8) is 0 Å². The fourth-order valence-corrected chi connectivity index (χ4v) is 2.49. The lowest BCUT2D eigenvalue weighted by Crippen LogP contribution is -2.30. The Morgan fingerprint density at radius 2 is 1.96 bits per heavy atom. The highest BCUT2D eigenvalue weighted by Gasteiger charge is 2.21. The Balaban J connectivity index is 1.65. The zero-order chi connectivity index (χ0) is 18.5. The minimum atomic E-state index is -0.211. The van der Waals surface area contributed by atoms with E-state index < -0.39 is 0 Å². The van der Waals surface area contributed by atoms with Crippen LogP contribution in [0.15, 0.2) is 45.4 Å². The van der Waals surface area contributed by atoms with E-state index in [0.717, 1.165) is 11.3 Å². The van der Waals surface area contributed by atoms with E-state index in [0.29, 0.717) is 30.2 Å². The lowest BCUT2D eigenvalue weighted by Gasteiger charge is -2.18. The van der Waals surface area contributed by atoms with Crippen molar-refractivity contribution in [2.24, 2.45) is 0 Å². The molecule has 2 aromatic heterocycles. The van der Waals surface area contributed by atoms with Crippen molar-refractivity contribution in [3.8, 4) is 5.75 Å². The molecule has 0 fully saturated rings. The molecule has 7 heteroatoms. The fourth-order valence-electron chi connectivity index (χ4n) is 2.49. The molecule has 136 valence electrons. The van der Waals surface area contributed by atoms with Gasteiger partial charge in [0, 0.05) is 6.54 Å². The Morgan fingerprint density at radius 3 is 2.65 bits per heavy atom. The summed E-state index contributed by atoms with van der Waals surface area (Å²) in [6, 6.07) is 11.2. The van der Waals surface area contributed by atoms with Crippen LogP contribution in [0.25, 0.3) is 0 Å². The van der Waals surface area contributed by atoms with Crippen molar-refractivity contribution >= 4 is 5.91 Å². The number of carbonyl (C=O) groups is 1. The van der Waals surface area contributed by atoms with E-state index in [1.807, 2.05) is 38.1 Å². The number of nitrogens with zero attached hydrogens (tertiary/aromatic N) is 3. The summed E-state index contributed by atoms with van der Waals surface area (Å²) in [5, 5.41) is 7.56. The molecule has 26 heavy (non-hydrogen) atoms. The molecule has 0 aliphatic carbocycles. The van der Waals surface area contributed by atoms with Crippen LogP contribution in [0.3, 0.4) is 0 Å². The highest BCUT2D eigenvalue weighted by Crippen LogP contribution is 2.19. The highest BCUT2D eigenvalue weighted by molar-refractivity contribution is 5.91. The number of furan rings is 1.